The smallest absolute Gasteiger partial charge is 0.286 e. The van der Waals surface area contributed by atoms with Crippen molar-refractivity contribution in [2.24, 2.45) is 0 Å². The van der Waals surface area contributed by atoms with Gasteiger partial charge in [-0.1, -0.05) is 0 Å². The number of ether oxygens (including phenoxy) is 2. The van der Waals surface area contributed by atoms with E-state index in [4.69, 9.17) is 9.47 Å². The minimum atomic E-state index is -0.663. The molecule has 0 fully saturated rings. The first-order valence-electron chi connectivity index (χ1n) is 8.54. The van der Waals surface area contributed by atoms with Gasteiger partial charge in [0.15, 0.2) is 11.5 Å². The van der Waals surface area contributed by atoms with E-state index < -0.39 is 16.5 Å². The number of carbonyl (C=O) groups is 2. The second kappa shape index (κ2) is 7.55. The zero-order valence-electron chi connectivity index (χ0n) is 15.6. The van der Waals surface area contributed by atoms with E-state index in [-0.39, 0.29) is 29.4 Å². The molecule has 0 aliphatic carbocycles. The zero-order valence-corrected chi connectivity index (χ0v) is 15.6. The van der Waals surface area contributed by atoms with Crippen LogP contribution in [0.3, 0.4) is 0 Å². The Bertz CT molecular complexity index is 972. The topological polar surface area (TPSA) is 111 Å². The van der Waals surface area contributed by atoms with Crippen LogP contribution in [0.2, 0.25) is 0 Å². The second-order valence-corrected chi connectivity index (χ2v) is 6.09. The molecule has 1 aliphatic rings. The van der Waals surface area contributed by atoms with E-state index >= 15 is 0 Å². The number of nitrogens with zero attached hydrogens (tertiary/aromatic N) is 2. The van der Waals surface area contributed by atoms with Gasteiger partial charge in [0.1, 0.15) is 5.56 Å². The standard InChI is InChI=1S/C19H19N3O6/c1-4-21-14-6-5-12(7-11(14)8-18(21)23)20-19(24)13-9-16(27-2)17(28-3)10-15(13)22(25)26/h5-7,9-10H,4,8H2,1-3H3,(H,20,24). The highest BCUT2D eigenvalue weighted by Crippen LogP contribution is 2.35. The molecule has 2 aromatic carbocycles. The molecule has 1 heterocycles. The number of rotatable bonds is 6. The van der Waals surface area contributed by atoms with Gasteiger partial charge in [0.25, 0.3) is 11.6 Å². The highest BCUT2D eigenvalue weighted by molar-refractivity contribution is 6.08. The minimum absolute atomic E-state index is 0.00324. The summed E-state index contributed by atoms with van der Waals surface area (Å²) in [7, 11) is 2.73. The number of nitro benzene ring substituents is 1. The Kier molecular flexibility index (Phi) is 5.16. The van der Waals surface area contributed by atoms with Gasteiger partial charge in [-0.2, -0.15) is 0 Å². The highest BCUT2D eigenvalue weighted by atomic mass is 16.6. The molecule has 0 aromatic heterocycles. The molecule has 0 atom stereocenters. The molecular weight excluding hydrogens is 366 g/mol. The fourth-order valence-electron chi connectivity index (χ4n) is 3.21. The summed E-state index contributed by atoms with van der Waals surface area (Å²) in [4.78, 5) is 37.1. The largest absolute Gasteiger partial charge is 0.493 e. The summed E-state index contributed by atoms with van der Waals surface area (Å²) in [6.07, 6.45) is 0.253. The van der Waals surface area contributed by atoms with Crippen molar-refractivity contribution in [2.75, 3.05) is 31.0 Å². The Balaban J connectivity index is 1.93. The normalized spacial score (nSPS) is 12.5. The first-order chi connectivity index (χ1) is 13.4. The van der Waals surface area contributed by atoms with Crippen LogP contribution >= 0.6 is 0 Å². The molecule has 146 valence electrons. The molecule has 0 bridgehead atoms. The van der Waals surface area contributed by atoms with Crippen LogP contribution in [-0.4, -0.2) is 37.5 Å². The lowest BCUT2D eigenvalue weighted by atomic mass is 10.1. The predicted molar refractivity (Wildman–Crippen MR) is 102 cm³/mol. The number of anilines is 2. The van der Waals surface area contributed by atoms with E-state index in [0.717, 1.165) is 17.3 Å². The number of carbonyl (C=O) groups excluding carboxylic acids is 2. The van der Waals surface area contributed by atoms with Crippen molar-refractivity contribution >= 4 is 28.9 Å². The number of fused-ring (bicyclic) bond motifs is 1. The third-order valence-corrected chi connectivity index (χ3v) is 4.53. The summed E-state index contributed by atoms with van der Waals surface area (Å²) in [5.74, 6) is -0.307. The molecular formula is C19H19N3O6. The van der Waals surface area contributed by atoms with E-state index in [1.807, 2.05) is 6.92 Å². The van der Waals surface area contributed by atoms with Gasteiger partial charge in [-0.25, -0.2) is 0 Å². The molecule has 28 heavy (non-hydrogen) atoms. The third kappa shape index (κ3) is 3.34. The molecule has 0 radical (unpaired) electrons. The van der Waals surface area contributed by atoms with Crippen LogP contribution in [0.5, 0.6) is 11.5 Å². The summed E-state index contributed by atoms with van der Waals surface area (Å²) >= 11 is 0. The summed E-state index contributed by atoms with van der Waals surface area (Å²) in [6.45, 7) is 2.45. The second-order valence-electron chi connectivity index (χ2n) is 6.09. The molecule has 9 heteroatoms. The maximum absolute atomic E-state index is 12.7. The molecule has 9 nitrogen and oxygen atoms in total. The Morgan fingerprint density at radius 3 is 2.50 bits per heavy atom. The number of methoxy groups -OCH3 is 2. The minimum Gasteiger partial charge on any atom is -0.493 e. The zero-order chi connectivity index (χ0) is 20.4. The van der Waals surface area contributed by atoms with E-state index in [9.17, 15) is 19.7 Å². The SMILES string of the molecule is CCN1C(=O)Cc2cc(NC(=O)c3cc(OC)c(OC)cc3[N+](=O)[O-])ccc21. The summed E-state index contributed by atoms with van der Waals surface area (Å²) in [5, 5.41) is 14.0. The Labute approximate surface area is 161 Å². The summed E-state index contributed by atoms with van der Waals surface area (Å²) in [5.41, 5.74) is 1.49. The van der Waals surface area contributed by atoms with Crippen molar-refractivity contribution in [3.05, 3.63) is 51.6 Å². The van der Waals surface area contributed by atoms with E-state index in [2.05, 4.69) is 5.32 Å². The average molecular weight is 385 g/mol. The Hall–Kier alpha value is -3.62. The molecule has 2 aromatic rings. The number of amides is 2. The fraction of sp³-hybridized carbons (Fsp3) is 0.263. The molecule has 2 amide bonds. The van der Waals surface area contributed by atoms with Gasteiger partial charge >= 0.3 is 0 Å². The van der Waals surface area contributed by atoms with Gasteiger partial charge in [-0.15, -0.1) is 0 Å². The quantitative estimate of drug-likeness (QED) is 0.605. The fourth-order valence-corrected chi connectivity index (χ4v) is 3.21. The van der Waals surface area contributed by atoms with Gasteiger partial charge in [-0.05, 0) is 30.7 Å². The van der Waals surface area contributed by atoms with Crippen LogP contribution in [-0.2, 0) is 11.2 Å². The van der Waals surface area contributed by atoms with Crippen molar-refractivity contribution in [3.8, 4) is 11.5 Å². The number of nitro groups is 1. The van der Waals surface area contributed by atoms with Gasteiger partial charge in [0, 0.05) is 24.0 Å². The van der Waals surface area contributed by atoms with Crippen LogP contribution in [0.15, 0.2) is 30.3 Å². The van der Waals surface area contributed by atoms with E-state index in [0.29, 0.717) is 12.2 Å². The van der Waals surface area contributed by atoms with Crippen molar-refractivity contribution in [1.82, 2.24) is 0 Å². The third-order valence-electron chi connectivity index (χ3n) is 4.53. The van der Waals surface area contributed by atoms with Crippen LogP contribution in [0.1, 0.15) is 22.8 Å². The summed E-state index contributed by atoms with van der Waals surface area (Å²) in [6, 6.07) is 7.52. The molecule has 1 N–H and O–H groups in total. The molecule has 0 unspecified atom stereocenters. The number of hydrogen-bond acceptors (Lipinski definition) is 6. The van der Waals surface area contributed by atoms with Crippen LogP contribution in [0.4, 0.5) is 17.1 Å². The Morgan fingerprint density at radius 2 is 1.89 bits per heavy atom. The van der Waals surface area contributed by atoms with Crippen molar-refractivity contribution in [1.29, 1.82) is 0 Å². The predicted octanol–water partition coefficient (Wildman–Crippen LogP) is 2.77. The molecule has 3 rings (SSSR count). The van der Waals surface area contributed by atoms with Crippen molar-refractivity contribution in [2.45, 2.75) is 13.3 Å². The van der Waals surface area contributed by atoms with Crippen LogP contribution in [0, 0.1) is 10.1 Å². The van der Waals surface area contributed by atoms with E-state index in [1.165, 1.54) is 20.3 Å². The van der Waals surface area contributed by atoms with Gasteiger partial charge in [0.05, 0.1) is 31.6 Å². The van der Waals surface area contributed by atoms with Gasteiger partial charge < -0.3 is 19.7 Å². The highest BCUT2D eigenvalue weighted by Gasteiger charge is 2.27. The molecule has 0 saturated carbocycles. The lowest BCUT2D eigenvalue weighted by Gasteiger charge is -2.15. The van der Waals surface area contributed by atoms with Gasteiger partial charge in [-0.3, -0.25) is 19.7 Å². The van der Waals surface area contributed by atoms with Crippen molar-refractivity contribution in [3.63, 3.8) is 0 Å². The first-order valence-corrected chi connectivity index (χ1v) is 8.54. The monoisotopic (exact) mass is 385 g/mol. The molecule has 1 aliphatic heterocycles. The van der Waals surface area contributed by atoms with Crippen molar-refractivity contribution < 1.29 is 24.0 Å². The maximum atomic E-state index is 12.7. The molecule has 0 saturated heterocycles. The number of nitrogens with one attached hydrogen (secondary N) is 1. The maximum Gasteiger partial charge on any atom is 0.286 e. The molecule has 0 spiro atoms. The lowest BCUT2D eigenvalue weighted by Crippen LogP contribution is -2.25. The lowest BCUT2D eigenvalue weighted by molar-refractivity contribution is -0.385. The number of likely N-dealkylation sites (N-methyl/N-ethyl adjacent to an activating group) is 1. The number of benzene rings is 2. The average Bonchev–Trinajstić information content (AvgIpc) is 3.00. The van der Waals surface area contributed by atoms with Crippen LogP contribution in [0.25, 0.3) is 0 Å². The first kappa shape index (κ1) is 19.2. The van der Waals surface area contributed by atoms with E-state index in [1.54, 1.807) is 23.1 Å². The summed E-state index contributed by atoms with van der Waals surface area (Å²) < 4.78 is 10.2. The van der Waals surface area contributed by atoms with Crippen LogP contribution < -0.4 is 19.7 Å². The van der Waals surface area contributed by atoms with Gasteiger partial charge in [0.2, 0.25) is 5.91 Å². The number of hydrogen-bond donors (Lipinski definition) is 1. The Morgan fingerprint density at radius 1 is 1.21 bits per heavy atom.